The molecule has 0 spiro atoms. The highest BCUT2D eigenvalue weighted by Gasteiger charge is 2.69. The van der Waals surface area contributed by atoms with Gasteiger partial charge in [0.15, 0.2) is 0 Å². The van der Waals surface area contributed by atoms with Gasteiger partial charge in [-0.1, -0.05) is 94.4 Å². The Balaban J connectivity index is 1.20. The van der Waals surface area contributed by atoms with Crippen LogP contribution in [-0.2, 0) is 9.47 Å². The molecule has 0 N–H and O–H groups in total. The third kappa shape index (κ3) is 5.28. The van der Waals surface area contributed by atoms with Crippen LogP contribution in [0.15, 0.2) is 72.8 Å². The largest absolute Gasteiger partial charge is 0.496 e. The Morgan fingerprint density at radius 1 is 0.667 bits per heavy atom. The standard InChI is InChI=1S/C47H61O3P/c1-28(2)40-31-20-37-42(41-34(30-14-9-8-10-15-30)17-13-18-36(41)35-16-11-12-19-39(35)48-5)38(40)26-47(25-31,43(37)29(3)4)51-46-23-32-21-45(27-46,50-7)22-33(24-46)44(32)49-6/h8-19,28-29,31-33,37-38,40,42-44,51H,20-27H2,1-7H3. The van der Waals surface area contributed by atoms with Crippen molar-refractivity contribution in [2.45, 2.75) is 107 Å². The van der Waals surface area contributed by atoms with Crippen molar-refractivity contribution in [1.29, 1.82) is 0 Å². The van der Waals surface area contributed by atoms with E-state index in [4.69, 9.17) is 14.2 Å². The fourth-order valence-electron chi connectivity index (χ4n) is 15.1. The predicted molar refractivity (Wildman–Crippen MR) is 212 cm³/mol. The summed E-state index contributed by atoms with van der Waals surface area (Å²) in [6.45, 7) is 10.3. The minimum Gasteiger partial charge on any atom is -0.496 e. The molecule has 51 heavy (non-hydrogen) atoms. The summed E-state index contributed by atoms with van der Waals surface area (Å²) in [5, 5.41) is 0.854. The molecule has 3 nitrogen and oxygen atoms in total. The lowest BCUT2D eigenvalue weighted by Crippen LogP contribution is -2.67. The van der Waals surface area contributed by atoms with Crippen molar-refractivity contribution >= 4 is 8.58 Å². The zero-order chi connectivity index (χ0) is 35.3. The molecule has 272 valence electrons. The molecule has 10 unspecified atom stereocenters. The van der Waals surface area contributed by atoms with Gasteiger partial charge in [0.05, 0.1) is 18.8 Å². The van der Waals surface area contributed by atoms with Crippen molar-refractivity contribution in [3.05, 3.63) is 78.4 Å². The van der Waals surface area contributed by atoms with Gasteiger partial charge >= 0.3 is 0 Å². The van der Waals surface area contributed by atoms with Crippen LogP contribution in [0.4, 0.5) is 0 Å². The molecule has 8 fully saturated rings. The van der Waals surface area contributed by atoms with Crippen LogP contribution < -0.4 is 4.74 Å². The van der Waals surface area contributed by atoms with Crippen LogP contribution in [0.25, 0.3) is 22.3 Å². The van der Waals surface area contributed by atoms with Crippen molar-refractivity contribution in [3.8, 4) is 28.0 Å². The number of methoxy groups -OCH3 is 3. The molecule has 0 radical (unpaired) electrons. The lowest BCUT2D eigenvalue weighted by molar-refractivity contribution is -0.189. The molecular formula is C47H61O3P. The Bertz CT molecular complexity index is 1730. The van der Waals surface area contributed by atoms with E-state index in [1.807, 2.05) is 21.3 Å². The van der Waals surface area contributed by atoms with E-state index in [9.17, 15) is 0 Å². The van der Waals surface area contributed by atoms with Crippen molar-refractivity contribution in [2.24, 2.45) is 53.3 Å². The van der Waals surface area contributed by atoms with Gasteiger partial charge in [-0.05, 0) is 149 Å². The first-order chi connectivity index (χ1) is 24.6. The number of para-hydroxylation sites is 1. The summed E-state index contributed by atoms with van der Waals surface area (Å²) in [5.41, 5.74) is 7.10. The molecule has 0 aliphatic heterocycles. The molecule has 10 atom stereocenters. The highest BCUT2D eigenvalue weighted by molar-refractivity contribution is 7.42. The van der Waals surface area contributed by atoms with E-state index in [1.54, 1.807) is 5.56 Å². The number of ether oxygens (including phenoxy) is 3. The average molecular weight is 705 g/mol. The zero-order valence-corrected chi connectivity index (χ0v) is 33.2. The van der Waals surface area contributed by atoms with Crippen LogP contribution >= 0.6 is 8.58 Å². The lowest BCUT2D eigenvalue weighted by atomic mass is 9.40. The molecule has 8 saturated carbocycles. The van der Waals surface area contributed by atoms with Gasteiger partial charge in [-0.25, -0.2) is 0 Å². The summed E-state index contributed by atoms with van der Waals surface area (Å²) < 4.78 is 18.9. The maximum Gasteiger partial charge on any atom is 0.126 e. The van der Waals surface area contributed by atoms with Crippen LogP contribution in [0, 0.1) is 53.3 Å². The van der Waals surface area contributed by atoms with E-state index < -0.39 is 0 Å². The molecule has 8 aliphatic rings. The third-order valence-corrected chi connectivity index (χ3v) is 18.0. The van der Waals surface area contributed by atoms with Gasteiger partial charge in [0, 0.05) is 19.8 Å². The summed E-state index contributed by atoms with van der Waals surface area (Å²) in [4.78, 5) is 0. The van der Waals surface area contributed by atoms with Crippen molar-refractivity contribution in [1.82, 2.24) is 0 Å². The molecule has 3 aromatic carbocycles. The van der Waals surface area contributed by atoms with Crippen LogP contribution in [0.5, 0.6) is 5.75 Å². The zero-order valence-electron chi connectivity index (χ0n) is 32.2. The first kappa shape index (κ1) is 34.6. The predicted octanol–water partition coefficient (Wildman–Crippen LogP) is 11.5. The Morgan fingerprint density at radius 3 is 2.02 bits per heavy atom. The minimum atomic E-state index is 0.0742. The molecular weight excluding hydrogens is 643 g/mol. The highest BCUT2D eigenvalue weighted by Crippen LogP contribution is 2.78. The molecule has 0 aromatic heterocycles. The van der Waals surface area contributed by atoms with Gasteiger partial charge in [-0.2, -0.15) is 0 Å². The molecule has 4 heteroatoms. The molecule has 0 heterocycles. The third-order valence-electron chi connectivity index (χ3n) is 15.7. The van der Waals surface area contributed by atoms with E-state index in [-0.39, 0.29) is 5.60 Å². The SMILES string of the molecule is COc1ccccc1-c1cccc(-c2ccccc2)c1C1C2CC3(PC45CC6CC(OC)(CC(C4)C6OC)C5)CC(CC1C3C(C)C)C2C(C)C. The Morgan fingerprint density at radius 2 is 1.35 bits per heavy atom. The number of benzene rings is 3. The lowest BCUT2D eigenvalue weighted by Gasteiger charge is -2.72. The number of hydrogen-bond donors (Lipinski definition) is 0. The van der Waals surface area contributed by atoms with Crippen LogP contribution in [0.1, 0.15) is 90.5 Å². The fraction of sp³-hybridized carbons (Fsp3) is 0.617. The average Bonchev–Trinajstić information content (AvgIpc) is 3.10. The molecule has 3 aromatic rings. The Labute approximate surface area is 309 Å². The van der Waals surface area contributed by atoms with Gasteiger partial charge in [0.1, 0.15) is 5.75 Å². The van der Waals surface area contributed by atoms with Crippen LogP contribution in [-0.4, -0.2) is 43.3 Å². The summed E-state index contributed by atoms with van der Waals surface area (Å²) in [6, 6.07) is 27.2. The molecule has 0 saturated heterocycles. The first-order valence-electron chi connectivity index (χ1n) is 20.3. The first-order valence-corrected chi connectivity index (χ1v) is 21.3. The summed E-state index contributed by atoms with van der Waals surface area (Å²) in [7, 11) is 6.88. The Hall–Kier alpha value is -2.19. The smallest absolute Gasteiger partial charge is 0.126 e. The molecule has 8 aliphatic carbocycles. The van der Waals surface area contributed by atoms with E-state index in [1.165, 1.54) is 73.6 Å². The van der Waals surface area contributed by atoms with Gasteiger partial charge in [0.2, 0.25) is 0 Å². The maximum absolute atomic E-state index is 6.55. The van der Waals surface area contributed by atoms with Gasteiger partial charge in [-0.3, -0.25) is 0 Å². The van der Waals surface area contributed by atoms with E-state index >= 15 is 0 Å². The second kappa shape index (κ2) is 12.7. The van der Waals surface area contributed by atoms with Crippen molar-refractivity contribution in [3.63, 3.8) is 0 Å². The minimum absolute atomic E-state index is 0.0742. The van der Waals surface area contributed by atoms with Crippen LogP contribution in [0.2, 0.25) is 0 Å². The quantitative estimate of drug-likeness (QED) is 0.197. The van der Waals surface area contributed by atoms with Crippen molar-refractivity contribution in [2.75, 3.05) is 21.3 Å². The van der Waals surface area contributed by atoms with Crippen LogP contribution in [0.3, 0.4) is 0 Å². The maximum atomic E-state index is 6.55. The number of rotatable bonds is 10. The molecule has 8 bridgehead atoms. The van der Waals surface area contributed by atoms with Gasteiger partial charge in [-0.15, -0.1) is 8.58 Å². The Kier molecular flexibility index (Phi) is 8.61. The topological polar surface area (TPSA) is 27.7 Å². The summed E-state index contributed by atoms with van der Waals surface area (Å²) >= 11 is 0. The second-order valence-corrected chi connectivity index (χ2v) is 21.2. The summed E-state index contributed by atoms with van der Waals surface area (Å²) in [5.74, 6) is 7.93. The molecule has 11 rings (SSSR count). The van der Waals surface area contributed by atoms with Gasteiger partial charge < -0.3 is 14.2 Å². The normalized spacial score (nSPS) is 40.7. The summed E-state index contributed by atoms with van der Waals surface area (Å²) in [6.07, 6.45) is 11.1. The van der Waals surface area contributed by atoms with E-state index in [2.05, 4.69) is 100 Å². The van der Waals surface area contributed by atoms with E-state index in [0.717, 1.165) is 32.1 Å². The van der Waals surface area contributed by atoms with Crippen molar-refractivity contribution < 1.29 is 14.2 Å². The van der Waals surface area contributed by atoms with E-state index in [0.29, 0.717) is 57.8 Å². The monoisotopic (exact) mass is 704 g/mol. The second-order valence-electron chi connectivity index (χ2n) is 18.8. The highest BCUT2D eigenvalue weighted by atomic mass is 31.1. The molecule has 0 amide bonds. The van der Waals surface area contributed by atoms with Gasteiger partial charge in [0.25, 0.3) is 0 Å². The fourth-order valence-corrected chi connectivity index (χ4v) is 18.7. The number of hydrogen-bond acceptors (Lipinski definition) is 3.